The van der Waals surface area contributed by atoms with Crippen LogP contribution in [-0.4, -0.2) is 56.1 Å². The lowest BCUT2D eigenvalue weighted by molar-refractivity contribution is 0.131. The van der Waals surface area contributed by atoms with Crippen molar-refractivity contribution in [3.8, 4) is 6.07 Å². The van der Waals surface area contributed by atoms with E-state index in [1.54, 1.807) is 4.31 Å². The number of hydrogen-bond donors (Lipinski definition) is 0. The molecule has 0 aliphatic carbocycles. The van der Waals surface area contributed by atoms with Gasteiger partial charge in [0, 0.05) is 19.6 Å². The molecule has 2 saturated heterocycles. The predicted octanol–water partition coefficient (Wildman–Crippen LogP) is 1.04. The zero-order chi connectivity index (χ0) is 13.9. The first-order valence-electron chi connectivity index (χ1n) is 7.09. The molecule has 0 saturated carbocycles. The van der Waals surface area contributed by atoms with Crippen LogP contribution in [0.15, 0.2) is 0 Å². The molecule has 108 valence electrons. The molecule has 0 amide bonds. The molecule has 19 heavy (non-hydrogen) atoms. The second-order valence-electron chi connectivity index (χ2n) is 5.76. The van der Waals surface area contributed by atoms with Crippen molar-refractivity contribution in [2.75, 3.05) is 32.4 Å². The number of nitriles is 1. The Hall–Kier alpha value is -0.640. The summed E-state index contributed by atoms with van der Waals surface area (Å²) >= 11 is 0. The fourth-order valence-electron chi connectivity index (χ4n) is 3.16. The van der Waals surface area contributed by atoms with Crippen LogP contribution in [0.25, 0.3) is 0 Å². The number of nitrogens with zero attached hydrogens (tertiary/aromatic N) is 3. The highest BCUT2D eigenvalue weighted by atomic mass is 32.2. The number of piperidine rings is 2. The highest BCUT2D eigenvalue weighted by Gasteiger charge is 2.30. The Morgan fingerprint density at radius 3 is 2.68 bits per heavy atom. The van der Waals surface area contributed by atoms with E-state index in [2.05, 4.69) is 11.0 Å². The summed E-state index contributed by atoms with van der Waals surface area (Å²) in [6.45, 7) is 3.11. The van der Waals surface area contributed by atoms with E-state index in [0.717, 1.165) is 45.2 Å². The van der Waals surface area contributed by atoms with Crippen LogP contribution in [0, 0.1) is 17.2 Å². The van der Waals surface area contributed by atoms with Crippen LogP contribution in [0.2, 0.25) is 0 Å². The van der Waals surface area contributed by atoms with Gasteiger partial charge in [0.1, 0.15) is 0 Å². The second-order valence-corrected chi connectivity index (χ2v) is 7.75. The minimum absolute atomic E-state index is 0.0300. The van der Waals surface area contributed by atoms with Gasteiger partial charge in [-0.05, 0) is 44.6 Å². The Kier molecular flexibility index (Phi) is 4.82. The summed E-state index contributed by atoms with van der Waals surface area (Å²) in [7, 11) is -3.07. The number of sulfonamides is 1. The van der Waals surface area contributed by atoms with Crippen molar-refractivity contribution in [2.24, 2.45) is 5.92 Å². The molecule has 2 fully saturated rings. The maximum atomic E-state index is 11.6. The molecule has 0 spiro atoms. The molecule has 6 heteroatoms. The van der Waals surface area contributed by atoms with Gasteiger partial charge in [0.2, 0.25) is 10.0 Å². The van der Waals surface area contributed by atoms with Crippen LogP contribution in [0.5, 0.6) is 0 Å². The third-order valence-electron chi connectivity index (χ3n) is 4.21. The average Bonchev–Trinajstić information content (AvgIpc) is 2.39. The van der Waals surface area contributed by atoms with E-state index in [9.17, 15) is 13.7 Å². The first-order chi connectivity index (χ1) is 9.00. The smallest absolute Gasteiger partial charge is 0.211 e. The van der Waals surface area contributed by atoms with Crippen LogP contribution >= 0.6 is 0 Å². The van der Waals surface area contributed by atoms with Crippen molar-refractivity contribution in [1.82, 2.24) is 9.21 Å². The number of rotatable bonds is 3. The maximum absolute atomic E-state index is 11.6. The Bertz CT molecular complexity index is 443. The molecule has 0 aromatic heterocycles. The lowest BCUT2D eigenvalue weighted by Crippen LogP contribution is -2.47. The molecular weight excluding hydrogens is 262 g/mol. The van der Waals surface area contributed by atoms with Crippen molar-refractivity contribution in [1.29, 1.82) is 5.26 Å². The molecule has 5 nitrogen and oxygen atoms in total. The lowest BCUT2D eigenvalue weighted by atomic mass is 9.96. The molecule has 0 bridgehead atoms. The molecule has 0 N–H and O–H groups in total. The van der Waals surface area contributed by atoms with Crippen LogP contribution in [0.3, 0.4) is 0 Å². The largest absolute Gasteiger partial charge is 0.288 e. The summed E-state index contributed by atoms with van der Waals surface area (Å²) in [5.41, 5.74) is 0. The SMILES string of the molecule is CS(=O)(=O)N1CCCC(CN2CCCCC2C#N)C1. The van der Waals surface area contributed by atoms with Gasteiger partial charge in [0.15, 0.2) is 0 Å². The first kappa shape index (κ1) is 14.8. The molecular formula is C13H23N3O2S. The van der Waals surface area contributed by atoms with Gasteiger partial charge in [-0.2, -0.15) is 5.26 Å². The van der Waals surface area contributed by atoms with Gasteiger partial charge in [-0.1, -0.05) is 0 Å². The van der Waals surface area contributed by atoms with Crippen molar-refractivity contribution in [2.45, 2.75) is 38.1 Å². The van der Waals surface area contributed by atoms with Crippen molar-refractivity contribution < 1.29 is 8.42 Å². The predicted molar refractivity (Wildman–Crippen MR) is 74.0 cm³/mol. The van der Waals surface area contributed by atoms with Gasteiger partial charge < -0.3 is 0 Å². The van der Waals surface area contributed by atoms with E-state index in [4.69, 9.17) is 0 Å². The average molecular weight is 285 g/mol. The van der Waals surface area contributed by atoms with E-state index >= 15 is 0 Å². The topological polar surface area (TPSA) is 64.4 Å². The van der Waals surface area contributed by atoms with Crippen LogP contribution in [0.4, 0.5) is 0 Å². The minimum atomic E-state index is -3.07. The summed E-state index contributed by atoms with van der Waals surface area (Å²) in [5, 5.41) is 9.17. The van der Waals surface area contributed by atoms with Crippen molar-refractivity contribution in [3.05, 3.63) is 0 Å². The third-order valence-corrected chi connectivity index (χ3v) is 5.48. The molecule has 2 unspecified atom stereocenters. The zero-order valence-corrected chi connectivity index (χ0v) is 12.4. The molecule has 0 aromatic carbocycles. The summed E-state index contributed by atoms with van der Waals surface area (Å²) in [5.74, 6) is 0.373. The van der Waals surface area contributed by atoms with E-state index < -0.39 is 10.0 Å². The van der Waals surface area contributed by atoms with E-state index in [-0.39, 0.29) is 6.04 Å². The third kappa shape index (κ3) is 3.91. The Labute approximate surface area is 116 Å². The fraction of sp³-hybridized carbons (Fsp3) is 0.923. The zero-order valence-electron chi connectivity index (χ0n) is 11.6. The standard InChI is InChI=1S/C13H23N3O2S/c1-19(17,18)16-8-4-5-12(11-16)10-15-7-3-2-6-13(15)9-14/h12-13H,2-8,10-11H2,1H3. The molecule has 2 atom stereocenters. The Morgan fingerprint density at radius 2 is 2.00 bits per heavy atom. The van der Waals surface area contributed by atoms with E-state index in [0.29, 0.717) is 19.0 Å². The number of likely N-dealkylation sites (tertiary alicyclic amines) is 1. The van der Waals surface area contributed by atoms with Crippen LogP contribution in [-0.2, 0) is 10.0 Å². The lowest BCUT2D eigenvalue weighted by Gasteiger charge is -2.37. The highest BCUT2D eigenvalue weighted by molar-refractivity contribution is 7.88. The summed E-state index contributed by atoms with van der Waals surface area (Å²) in [6.07, 6.45) is 6.53. The quantitative estimate of drug-likeness (QED) is 0.777. The second kappa shape index (κ2) is 6.21. The Balaban J connectivity index is 1.93. The summed E-state index contributed by atoms with van der Waals surface area (Å²) in [4.78, 5) is 2.25. The van der Waals surface area contributed by atoms with Gasteiger partial charge in [-0.3, -0.25) is 4.90 Å². The van der Waals surface area contributed by atoms with Gasteiger partial charge >= 0.3 is 0 Å². The van der Waals surface area contributed by atoms with Crippen molar-refractivity contribution >= 4 is 10.0 Å². The summed E-state index contributed by atoms with van der Waals surface area (Å²) in [6, 6.07) is 2.41. The Morgan fingerprint density at radius 1 is 1.21 bits per heavy atom. The van der Waals surface area contributed by atoms with Crippen molar-refractivity contribution in [3.63, 3.8) is 0 Å². The highest BCUT2D eigenvalue weighted by Crippen LogP contribution is 2.23. The molecule has 0 radical (unpaired) electrons. The summed E-state index contributed by atoms with van der Waals surface area (Å²) < 4.78 is 24.8. The first-order valence-corrected chi connectivity index (χ1v) is 8.94. The van der Waals surface area contributed by atoms with E-state index in [1.807, 2.05) is 0 Å². The number of hydrogen-bond acceptors (Lipinski definition) is 4. The van der Waals surface area contributed by atoms with Crippen LogP contribution in [0.1, 0.15) is 32.1 Å². The van der Waals surface area contributed by atoms with Crippen LogP contribution < -0.4 is 0 Å². The molecule has 2 aliphatic heterocycles. The molecule has 2 aliphatic rings. The van der Waals surface area contributed by atoms with E-state index in [1.165, 1.54) is 6.26 Å². The van der Waals surface area contributed by atoms with Gasteiger partial charge in [-0.25, -0.2) is 12.7 Å². The monoisotopic (exact) mass is 285 g/mol. The van der Waals surface area contributed by atoms with Gasteiger partial charge in [-0.15, -0.1) is 0 Å². The maximum Gasteiger partial charge on any atom is 0.211 e. The fourth-order valence-corrected chi connectivity index (χ4v) is 4.11. The van der Waals surface area contributed by atoms with Gasteiger partial charge in [0.25, 0.3) is 0 Å². The molecule has 2 heterocycles. The normalized spacial score (nSPS) is 30.9. The van der Waals surface area contributed by atoms with Gasteiger partial charge in [0.05, 0.1) is 18.4 Å². The minimum Gasteiger partial charge on any atom is -0.288 e. The molecule has 2 rings (SSSR count). The molecule has 0 aromatic rings.